The molecule has 4 aromatic rings. The number of fused-ring (bicyclic) bond motifs is 1. The van der Waals surface area contributed by atoms with Crippen molar-refractivity contribution in [2.75, 3.05) is 5.32 Å². The van der Waals surface area contributed by atoms with Crippen molar-refractivity contribution in [1.82, 2.24) is 14.8 Å². The highest BCUT2D eigenvalue weighted by Gasteiger charge is 2.17. The molecular weight excluding hydrogens is 364 g/mol. The van der Waals surface area contributed by atoms with Crippen molar-refractivity contribution in [2.24, 2.45) is 0 Å². The predicted octanol–water partition coefficient (Wildman–Crippen LogP) is 4.60. The highest BCUT2D eigenvalue weighted by molar-refractivity contribution is 6.31. The summed E-state index contributed by atoms with van der Waals surface area (Å²) in [7, 11) is 0. The number of aryl methyl sites for hydroxylation is 2. The number of furan rings is 1. The van der Waals surface area contributed by atoms with Gasteiger partial charge >= 0.3 is 0 Å². The number of carbonyl (C=O) groups is 1. The van der Waals surface area contributed by atoms with Crippen molar-refractivity contribution in [3.63, 3.8) is 0 Å². The number of nitrogens with one attached hydrogen (secondary N) is 1. The number of carbonyl (C=O) groups excluding carboxylic acids is 1. The zero-order chi connectivity index (χ0) is 19.0. The Labute approximate surface area is 160 Å². The third kappa shape index (κ3) is 3.31. The maximum atomic E-state index is 12.5. The first kappa shape index (κ1) is 17.3. The lowest BCUT2D eigenvalue weighted by molar-refractivity contribution is -0.116. The van der Waals surface area contributed by atoms with E-state index in [1.54, 1.807) is 23.2 Å². The van der Waals surface area contributed by atoms with Gasteiger partial charge in [0, 0.05) is 22.5 Å². The molecule has 0 fully saturated rings. The number of anilines is 1. The molecule has 3 aromatic heterocycles. The van der Waals surface area contributed by atoms with E-state index in [1.807, 2.05) is 44.2 Å². The monoisotopic (exact) mass is 380 g/mol. The second-order valence-electron chi connectivity index (χ2n) is 6.29. The van der Waals surface area contributed by atoms with E-state index in [1.165, 1.54) is 0 Å². The van der Waals surface area contributed by atoms with Gasteiger partial charge in [-0.3, -0.25) is 4.79 Å². The molecule has 0 spiro atoms. The highest BCUT2D eigenvalue weighted by Crippen LogP contribution is 2.30. The van der Waals surface area contributed by atoms with Gasteiger partial charge in [-0.2, -0.15) is 5.10 Å². The van der Waals surface area contributed by atoms with Crippen LogP contribution in [0.25, 0.3) is 22.4 Å². The fourth-order valence-electron chi connectivity index (χ4n) is 3.04. The van der Waals surface area contributed by atoms with E-state index in [2.05, 4.69) is 15.4 Å². The summed E-state index contributed by atoms with van der Waals surface area (Å²) in [5.41, 5.74) is 3.93. The molecule has 0 unspecified atom stereocenters. The van der Waals surface area contributed by atoms with Crippen molar-refractivity contribution in [3.8, 4) is 11.3 Å². The first-order valence-electron chi connectivity index (χ1n) is 8.45. The van der Waals surface area contributed by atoms with Crippen molar-refractivity contribution in [2.45, 2.75) is 20.4 Å². The number of hydrogen-bond donors (Lipinski definition) is 1. The molecule has 0 aliphatic heterocycles. The van der Waals surface area contributed by atoms with Gasteiger partial charge in [-0.05, 0) is 49.7 Å². The van der Waals surface area contributed by atoms with Crippen molar-refractivity contribution in [3.05, 3.63) is 65.1 Å². The Morgan fingerprint density at radius 2 is 2.11 bits per heavy atom. The number of nitrogens with zero attached hydrogens (tertiary/aromatic N) is 3. The smallest absolute Gasteiger partial charge is 0.246 e. The van der Waals surface area contributed by atoms with Crippen LogP contribution < -0.4 is 5.32 Å². The van der Waals surface area contributed by atoms with E-state index in [9.17, 15) is 4.79 Å². The number of hydrogen-bond acceptors (Lipinski definition) is 4. The Bertz CT molecular complexity index is 1130. The summed E-state index contributed by atoms with van der Waals surface area (Å²) in [4.78, 5) is 16.9. The van der Waals surface area contributed by atoms with Crippen LogP contribution in [0.15, 0.2) is 53.3 Å². The third-order valence-electron chi connectivity index (χ3n) is 4.34. The Balaban J connectivity index is 1.63. The molecule has 0 saturated heterocycles. The van der Waals surface area contributed by atoms with Crippen molar-refractivity contribution in [1.29, 1.82) is 0 Å². The lowest BCUT2D eigenvalue weighted by atomic mass is 10.1. The quantitative estimate of drug-likeness (QED) is 0.561. The fraction of sp³-hybridized carbons (Fsp3) is 0.150. The van der Waals surface area contributed by atoms with Gasteiger partial charge in [-0.25, -0.2) is 9.67 Å². The van der Waals surface area contributed by atoms with E-state index in [4.69, 9.17) is 16.0 Å². The van der Waals surface area contributed by atoms with Gasteiger partial charge in [0.15, 0.2) is 5.65 Å². The van der Waals surface area contributed by atoms with Crippen LogP contribution in [-0.2, 0) is 11.3 Å². The Morgan fingerprint density at radius 3 is 2.85 bits per heavy atom. The average Bonchev–Trinajstić information content (AvgIpc) is 3.27. The molecule has 6 nitrogen and oxygen atoms in total. The Morgan fingerprint density at radius 1 is 1.26 bits per heavy atom. The molecular formula is C20H17ClN4O2. The molecule has 136 valence electrons. The average molecular weight is 381 g/mol. The van der Waals surface area contributed by atoms with Gasteiger partial charge in [0.05, 0.1) is 17.3 Å². The first-order valence-corrected chi connectivity index (χ1v) is 8.83. The van der Waals surface area contributed by atoms with Crippen LogP contribution >= 0.6 is 11.6 Å². The number of benzene rings is 1. The third-order valence-corrected chi connectivity index (χ3v) is 4.75. The minimum absolute atomic E-state index is 0.0461. The molecule has 0 aliphatic rings. The number of halogens is 1. The van der Waals surface area contributed by atoms with Gasteiger partial charge in [0.2, 0.25) is 5.91 Å². The van der Waals surface area contributed by atoms with Crippen LogP contribution in [0.4, 0.5) is 5.69 Å². The lowest BCUT2D eigenvalue weighted by Crippen LogP contribution is -2.19. The van der Waals surface area contributed by atoms with Crippen LogP contribution in [0.3, 0.4) is 0 Å². The van der Waals surface area contributed by atoms with Gasteiger partial charge in [0.25, 0.3) is 0 Å². The van der Waals surface area contributed by atoms with Gasteiger partial charge in [-0.15, -0.1) is 0 Å². The van der Waals surface area contributed by atoms with Crippen molar-refractivity contribution < 1.29 is 9.21 Å². The number of rotatable bonds is 4. The molecule has 3 heterocycles. The second kappa shape index (κ2) is 6.89. The normalized spacial score (nSPS) is 11.1. The summed E-state index contributed by atoms with van der Waals surface area (Å²) < 4.78 is 7.12. The molecule has 27 heavy (non-hydrogen) atoms. The molecule has 0 aliphatic carbocycles. The molecule has 1 N–H and O–H groups in total. The second-order valence-corrected chi connectivity index (χ2v) is 6.70. The largest absolute Gasteiger partial charge is 0.464 e. The standard InChI is InChI=1S/C20H17ClN4O2/c1-12-5-6-14(10-16(12)21)23-18(26)11-25-20-19(13(2)24-25)15(7-8-22-20)17-4-3-9-27-17/h3-10H,11H2,1-2H3,(H,23,26). The lowest BCUT2D eigenvalue weighted by Gasteiger charge is -2.07. The van der Waals surface area contributed by atoms with Crippen LogP contribution in [-0.4, -0.2) is 20.7 Å². The molecule has 7 heteroatoms. The number of pyridine rings is 1. The summed E-state index contributed by atoms with van der Waals surface area (Å²) in [6.45, 7) is 3.85. The number of amides is 1. The molecule has 0 radical (unpaired) electrons. The van der Waals surface area contributed by atoms with E-state index < -0.39 is 0 Å². The van der Waals surface area contributed by atoms with Gasteiger partial charge < -0.3 is 9.73 Å². The zero-order valence-electron chi connectivity index (χ0n) is 14.9. The molecule has 0 atom stereocenters. The Hall–Kier alpha value is -3.12. The molecule has 1 amide bonds. The minimum Gasteiger partial charge on any atom is -0.464 e. The molecule has 1 aromatic carbocycles. The first-order chi connectivity index (χ1) is 13.0. The SMILES string of the molecule is Cc1ccc(NC(=O)Cn2nc(C)c3c(-c4ccco4)ccnc32)cc1Cl. The summed E-state index contributed by atoms with van der Waals surface area (Å²) in [6.07, 6.45) is 3.32. The maximum Gasteiger partial charge on any atom is 0.246 e. The van der Waals surface area contributed by atoms with Crippen LogP contribution in [0, 0.1) is 13.8 Å². The fourth-order valence-corrected chi connectivity index (χ4v) is 3.22. The summed E-state index contributed by atoms with van der Waals surface area (Å²) in [5.74, 6) is 0.535. The zero-order valence-corrected chi connectivity index (χ0v) is 15.6. The van der Waals surface area contributed by atoms with E-state index >= 15 is 0 Å². The van der Waals surface area contributed by atoms with Crippen LogP contribution in [0.1, 0.15) is 11.3 Å². The minimum atomic E-state index is -0.204. The summed E-state index contributed by atoms with van der Waals surface area (Å²) in [6, 6.07) is 11.0. The number of aromatic nitrogens is 3. The summed E-state index contributed by atoms with van der Waals surface area (Å²) >= 11 is 6.12. The molecule has 4 rings (SSSR count). The van der Waals surface area contributed by atoms with Crippen LogP contribution in [0.2, 0.25) is 5.02 Å². The maximum absolute atomic E-state index is 12.5. The van der Waals surface area contributed by atoms with Crippen LogP contribution in [0.5, 0.6) is 0 Å². The molecule has 0 saturated carbocycles. The molecule has 0 bridgehead atoms. The topological polar surface area (TPSA) is 73.0 Å². The van der Waals surface area contributed by atoms with E-state index in [0.717, 1.165) is 28.0 Å². The highest BCUT2D eigenvalue weighted by atomic mass is 35.5. The van der Waals surface area contributed by atoms with Gasteiger partial charge in [-0.1, -0.05) is 17.7 Å². The van der Waals surface area contributed by atoms with Crippen molar-refractivity contribution >= 4 is 34.2 Å². The predicted molar refractivity (Wildman–Crippen MR) is 105 cm³/mol. The van der Waals surface area contributed by atoms with Gasteiger partial charge in [0.1, 0.15) is 12.3 Å². The Kier molecular flexibility index (Phi) is 4.41. The van der Waals surface area contributed by atoms with E-state index in [-0.39, 0.29) is 12.5 Å². The van der Waals surface area contributed by atoms with E-state index in [0.29, 0.717) is 16.4 Å². The summed E-state index contributed by atoms with van der Waals surface area (Å²) in [5, 5.41) is 8.83.